The summed E-state index contributed by atoms with van der Waals surface area (Å²) in [6.07, 6.45) is 11.1. The maximum Gasteiger partial charge on any atom is 0.355 e. The predicted molar refractivity (Wildman–Crippen MR) is 132 cm³/mol. The van der Waals surface area contributed by atoms with Crippen LogP contribution in [0.25, 0.3) is 0 Å². The molecule has 0 aromatic carbocycles. The van der Waals surface area contributed by atoms with Crippen molar-refractivity contribution in [2.75, 3.05) is 18.1 Å². The van der Waals surface area contributed by atoms with Crippen molar-refractivity contribution >= 4 is 42.1 Å². The molecule has 0 saturated heterocycles. The molecular weight excluding hydrogens is 554 g/mol. The van der Waals surface area contributed by atoms with Gasteiger partial charge in [0.25, 0.3) is 0 Å². The van der Waals surface area contributed by atoms with Gasteiger partial charge >= 0.3 is 30.4 Å². The summed E-state index contributed by atoms with van der Waals surface area (Å²) >= 11 is 1.18. The van der Waals surface area contributed by atoms with Gasteiger partial charge in [0.2, 0.25) is 11.0 Å². The largest absolute Gasteiger partial charge is 0.355 e. The number of unbranched alkanes of at least 4 members (excludes halogenated alkanes) is 9. The summed E-state index contributed by atoms with van der Waals surface area (Å²) in [5.41, 5.74) is -6.22. The van der Waals surface area contributed by atoms with Crippen molar-refractivity contribution in [3.05, 3.63) is 0 Å². The molecule has 0 atom stereocenters. The molecule has 206 valence electrons. The Morgan fingerprint density at radius 1 is 0.559 bits per heavy atom. The van der Waals surface area contributed by atoms with Crippen LogP contribution in [0.5, 0.6) is 0 Å². The lowest BCUT2D eigenvalue weighted by Gasteiger charge is -2.37. The average Bonchev–Trinajstić information content (AvgIpc) is 2.60. The number of hydrogen-bond acceptors (Lipinski definition) is 6. The maximum absolute atomic E-state index is 11.8. The van der Waals surface area contributed by atoms with E-state index < -0.39 is 48.0 Å². The third-order valence-corrected chi connectivity index (χ3v) is 13.2. The van der Waals surface area contributed by atoms with E-state index in [1.807, 2.05) is 0 Å². The Morgan fingerprint density at radius 2 is 0.882 bits per heavy atom. The number of rotatable bonds is 20. The lowest BCUT2D eigenvalue weighted by Crippen LogP contribution is -2.44. The Hall–Kier alpha value is 0.910. The second kappa shape index (κ2) is 16.0. The van der Waals surface area contributed by atoms with Gasteiger partial charge in [-0.3, -0.25) is 23.2 Å². The highest BCUT2D eigenvalue weighted by molar-refractivity contribution is 7.99. The van der Waals surface area contributed by atoms with Crippen molar-refractivity contribution in [2.45, 2.75) is 82.2 Å². The summed E-state index contributed by atoms with van der Waals surface area (Å²) < 4.78 is 47.0. The van der Waals surface area contributed by atoms with Crippen molar-refractivity contribution in [1.29, 1.82) is 0 Å². The molecule has 0 bridgehead atoms. The molecule has 0 aliphatic carbocycles. The van der Waals surface area contributed by atoms with Gasteiger partial charge in [-0.2, -0.15) is 11.8 Å². The second-order valence-electron chi connectivity index (χ2n) is 8.08. The Morgan fingerprint density at radius 3 is 1.21 bits per heavy atom. The van der Waals surface area contributed by atoms with Crippen LogP contribution in [0.1, 0.15) is 71.1 Å². The summed E-state index contributed by atoms with van der Waals surface area (Å²) in [5.74, 6) is 0.432. The van der Waals surface area contributed by atoms with E-state index >= 15 is 0 Å². The van der Waals surface area contributed by atoms with Gasteiger partial charge in [0, 0.05) is 12.3 Å². The fraction of sp³-hybridized carbons (Fsp3) is 1.00. The van der Waals surface area contributed by atoms with E-state index in [4.69, 9.17) is 0 Å². The van der Waals surface area contributed by atoms with Crippen LogP contribution in [0.2, 0.25) is 0 Å². The maximum atomic E-state index is 11.8. The number of thioether (sulfide) groups is 1. The van der Waals surface area contributed by atoms with Gasteiger partial charge in [-0.15, -0.1) is 0 Å². The standard InChI is InChI=1S/C16H39NO12P4S/c1-2-3-4-5-6-7-8-9-10-11-13-34-14-12-17(15(30(18,19)20)31(21,22)23)16(32(24,25)26)33(27,28)29/h15-16H,2-14H2,1H3,(H2,18,19,20)(H2,21,22,23)(H2,24,25,26)(H2,27,28,29). The molecule has 0 fully saturated rings. The lowest BCUT2D eigenvalue weighted by molar-refractivity contribution is 0.208. The Kier molecular flexibility index (Phi) is 16.4. The molecule has 13 nitrogen and oxygen atoms in total. The zero-order valence-electron chi connectivity index (χ0n) is 19.2. The minimum Gasteiger partial charge on any atom is -0.323 e. The summed E-state index contributed by atoms with van der Waals surface area (Å²) in [5, 5.41) is 0. The third-order valence-electron chi connectivity index (χ3n) is 4.93. The smallest absolute Gasteiger partial charge is 0.323 e. The molecule has 0 unspecified atom stereocenters. The quantitative estimate of drug-likeness (QED) is 0.0748. The minimum absolute atomic E-state index is 0.116. The minimum atomic E-state index is -5.77. The van der Waals surface area contributed by atoms with Crippen LogP contribution >= 0.6 is 42.1 Å². The fourth-order valence-corrected chi connectivity index (χ4v) is 10.5. The highest BCUT2D eigenvalue weighted by atomic mass is 32.2. The Balaban J connectivity index is 4.95. The van der Waals surface area contributed by atoms with Crippen LogP contribution in [0.3, 0.4) is 0 Å². The normalized spacial score (nSPS) is 14.0. The van der Waals surface area contributed by atoms with Crippen LogP contribution in [0.4, 0.5) is 0 Å². The van der Waals surface area contributed by atoms with Gasteiger partial charge in [-0.25, -0.2) is 0 Å². The molecule has 0 rings (SSSR count). The molecule has 0 spiro atoms. The molecule has 0 aliphatic rings. The predicted octanol–water partition coefficient (Wildman–Crippen LogP) is 3.22. The van der Waals surface area contributed by atoms with Crippen LogP contribution in [0.15, 0.2) is 0 Å². The molecule has 34 heavy (non-hydrogen) atoms. The van der Waals surface area contributed by atoms with E-state index in [1.54, 1.807) is 0 Å². The van der Waals surface area contributed by atoms with Gasteiger partial charge in [-0.1, -0.05) is 64.7 Å². The summed E-state index contributed by atoms with van der Waals surface area (Å²) in [7, 11) is -23.1. The highest BCUT2D eigenvalue weighted by Gasteiger charge is 2.58. The van der Waals surface area contributed by atoms with Gasteiger partial charge in [0.1, 0.15) is 0 Å². The molecule has 0 saturated carbocycles. The van der Waals surface area contributed by atoms with Crippen molar-refractivity contribution in [2.24, 2.45) is 0 Å². The highest BCUT2D eigenvalue weighted by Crippen LogP contribution is 2.68. The second-order valence-corrected chi connectivity index (χ2v) is 16.8. The monoisotopic (exact) mass is 593 g/mol. The SMILES string of the molecule is CCCCCCCCCCCCSCCN(C(P(=O)(O)O)P(=O)(O)O)C(P(=O)(O)O)P(=O)(O)O. The molecule has 0 aromatic rings. The number of nitrogens with zero attached hydrogens (tertiary/aromatic N) is 1. The van der Waals surface area contributed by atoms with Crippen LogP contribution in [-0.2, 0) is 18.3 Å². The summed E-state index contributed by atoms with van der Waals surface area (Å²) in [6, 6.07) is 0. The first kappa shape index (κ1) is 34.9. The fourth-order valence-electron chi connectivity index (χ4n) is 3.48. The zero-order chi connectivity index (χ0) is 26.6. The molecular formula is C16H39NO12P4S. The van der Waals surface area contributed by atoms with E-state index in [2.05, 4.69) is 6.92 Å². The summed E-state index contributed by atoms with van der Waals surface area (Å²) in [4.78, 5) is 75.3. The first-order valence-corrected chi connectivity index (χ1v) is 18.9. The summed E-state index contributed by atoms with van der Waals surface area (Å²) in [6.45, 7) is 1.39. The van der Waals surface area contributed by atoms with Crippen LogP contribution in [-0.4, -0.2) is 73.1 Å². The van der Waals surface area contributed by atoms with E-state index in [-0.39, 0.29) is 10.7 Å². The first-order valence-electron chi connectivity index (χ1n) is 11.0. The molecule has 0 amide bonds. The molecule has 0 aliphatic heterocycles. The van der Waals surface area contributed by atoms with Crippen molar-refractivity contribution in [3.63, 3.8) is 0 Å². The van der Waals surface area contributed by atoms with Gasteiger partial charge in [0.05, 0.1) is 0 Å². The van der Waals surface area contributed by atoms with Crippen molar-refractivity contribution < 1.29 is 57.4 Å². The van der Waals surface area contributed by atoms with E-state index in [1.165, 1.54) is 43.9 Å². The molecule has 8 N–H and O–H groups in total. The van der Waals surface area contributed by atoms with E-state index in [9.17, 15) is 57.4 Å². The van der Waals surface area contributed by atoms with Crippen molar-refractivity contribution in [3.8, 4) is 0 Å². The topological polar surface area (TPSA) is 233 Å². The molecule has 0 radical (unpaired) electrons. The van der Waals surface area contributed by atoms with E-state index in [0.29, 0.717) is 5.75 Å². The molecule has 0 heterocycles. The first-order chi connectivity index (χ1) is 15.4. The third kappa shape index (κ3) is 14.6. The molecule has 18 heteroatoms. The lowest BCUT2D eigenvalue weighted by atomic mass is 10.1. The Labute approximate surface area is 204 Å². The van der Waals surface area contributed by atoms with Gasteiger partial charge in [-0.05, 0) is 12.2 Å². The van der Waals surface area contributed by atoms with Gasteiger partial charge < -0.3 is 39.1 Å². The van der Waals surface area contributed by atoms with Crippen LogP contribution in [0, 0.1) is 0 Å². The zero-order valence-corrected chi connectivity index (χ0v) is 23.6. The van der Waals surface area contributed by atoms with E-state index in [0.717, 1.165) is 32.1 Å². The molecule has 0 aromatic heterocycles. The van der Waals surface area contributed by atoms with Gasteiger partial charge in [0.15, 0.2) is 0 Å². The number of hydrogen-bond donors (Lipinski definition) is 8. The Bertz CT molecular complexity index is 671. The average molecular weight is 593 g/mol. The van der Waals surface area contributed by atoms with Crippen LogP contribution < -0.4 is 0 Å². The van der Waals surface area contributed by atoms with Crippen molar-refractivity contribution in [1.82, 2.24) is 4.90 Å².